The number of benzene rings is 1. The molecule has 0 aliphatic carbocycles. The van der Waals surface area contributed by atoms with Crippen LogP contribution in [-0.4, -0.2) is 9.97 Å². The van der Waals surface area contributed by atoms with Crippen molar-refractivity contribution in [3.8, 4) is 0 Å². The number of rotatable bonds is 3. The molecular weight excluding hydrogens is 200 g/mol. The van der Waals surface area contributed by atoms with Gasteiger partial charge in [0, 0.05) is 18.0 Å². The van der Waals surface area contributed by atoms with Gasteiger partial charge in [-0.2, -0.15) is 0 Å². The van der Waals surface area contributed by atoms with E-state index in [2.05, 4.69) is 34.5 Å². The van der Waals surface area contributed by atoms with E-state index in [1.54, 1.807) is 12.4 Å². The summed E-state index contributed by atoms with van der Waals surface area (Å²) in [6.45, 7) is 2.05. The van der Waals surface area contributed by atoms with Crippen molar-refractivity contribution >= 4 is 0 Å². The van der Waals surface area contributed by atoms with Crippen LogP contribution in [0.1, 0.15) is 22.7 Å². The number of hydrogen-bond donors (Lipinski definition) is 2. The molecule has 1 heterocycles. The van der Waals surface area contributed by atoms with Crippen LogP contribution in [0.5, 0.6) is 0 Å². The summed E-state index contributed by atoms with van der Waals surface area (Å²) in [5, 5.41) is 0. The minimum absolute atomic E-state index is 0.0684. The maximum Gasteiger partial charge on any atom is 0.115 e. The number of nitrogens with two attached hydrogens (primary N) is 1. The molecule has 0 aliphatic rings. The number of nitrogens with one attached hydrogen (secondary N) is 1. The fraction of sp³-hybridized carbons (Fsp3) is 0.167. The van der Waals surface area contributed by atoms with Crippen molar-refractivity contribution in [2.24, 2.45) is 5.84 Å². The molecule has 0 radical (unpaired) electrons. The Morgan fingerprint density at radius 3 is 2.56 bits per heavy atom. The summed E-state index contributed by atoms with van der Waals surface area (Å²) in [5.74, 6) is 5.58. The molecule has 0 spiro atoms. The van der Waals surface area contributed by atoms with Gasteiger partial charge in [-0.3, -0.25) is 5.84 Å². The van der Waals surface area contributed by atoms with Crippen molar-refractivity contribution in [1.82, 2.24) is 15.4 Å². The largest absolute Gasteiger partial charge is 0.271 e. The molecule has 3 N–H and O–H groups in total. The van der Waals surface area contributed by atoms with E-state index in [-0.39, 0.29) is 6.04 Å². The zero-order chi connectivity index (χ0) is 11.4. The molecule has 2 rings (SSSR count). The second-order valence-electron chi connectivity index (χ2n) is 3.69. The van der Waals surface area contributed by atoms with Crippen molar-refractivity contribution in [2.45, 2.75) is 13.0 Å². The van der Waals surface area contributed by atoms with Crippen molar-refractivity contribution in [3.05, 3.63) is 59.7 Å². The van der Waals surface area contributed by atoms with Gasteiger partial charge in [-0.15, -0.1) is 0 Å². The number of aromatic nitrogens is 2. The summed E-state index contributed by atoms with van der Waals surface area (Å²) < 4.78 is 0. The maximum atomic E-state index is 5.58. The highest BCUT2D eigenvalue weighted by Crippen LogP contribution is 2.20. The van der Waals surface area contributed by atoms with Gasteiger partial charge in [0.15, 0.2) is 0 Å². The van der Waals surface area contributed by atoms with Gasteiger partial charge in [0.25, 0.3) is 0 Å². The first-order valence-electron chi connectivity index (χ1n) is 5.09. The smallest absolute Gasteiger partial charge is 0.115 e. The van der Waals surface area contributed by atoms with Gasteiger partial charge in [0.2, 0.25) is 0 Å². The van der Waals surface area contributed by atoms with Gasteiger partial charge in [-0.25, -0.2) is 15.4 Å². The third-order valence-corrected chi connectivity index (χ3v) is 2.46. The summed E-state index contributed by atoms with van der Waals surface area (Å²) in [4.78, 5) is 7.99. The Balaban J connectivity index is 2.37. The van der Waals surface area contributed by atoms with Crippen molar-refractivity contribution in [3.63, 3.8) is 0 Å². The standard InChI is InChI=1S/C12H14N4/c1-9-3-2-4-10(5-9)12(16-13)11-6-14-8-15-7-11/h2-8,12,16H,13H2,1H3. The Kier molecular flexibility index (Phi) is 3.24. The topological polar surface area (TPSA) is 63.8 Å². The van der Waals surface area contributed by atoms with E-state index in [4.69, 9.17) is 5.84 Å². The second kappa shape index (κ2) is 4.83. The highest BCUT2D eigenvalue weighted by Gasteiger charge is 2.12. The number of nitrogens with zero attached hydrogens (tertiary/aromatic N) is 2. The number of hydrazine groups is 1. The first-order valence-corrected chi connectivity index (χ1v) is 5.09. The molecule has 1 aromatic carbocycles. The third kappa shape index (κ3) is 2.24. The van der Waals surface area contributed by atoms with E-state index in [9.17, 15) is 0 Å². The van der Waals surface area contributed by atoms with Crippen molar-refractivity contribution < 1.29 is 0 Å². The van der Waals surface area contributed by atoms with Crippen LogP contribution in [0.25, 0.3) is 0 Å². The molecule has 2 aromatic rings. The normalized spacial score (nSPS) is 12.4. The van der Waals surface area contributed by atoms with Crippen LogP contribution in [0.15, 0.2) is 43.0 Å². The van der Waals surface area contributed by atoms with Crippen molar-refractivity contribution in [1.29, 1.82) is 0 Å². The van der Waals surface area contributed by atoms with Gasteiger partial charge < -0.3 is 0 Å². The number of aryl methyl sites for hydroxylation is 1. The van der Waals surface area contributed by atoms with E-state index < -0.39 is 0 Å². The SMILES string of the molecule is Cc1cccc(C(NN)c2cncnc2)c1. The highest BCUT2D eigenvalue weighted by atomic mass is 15.2. The molecule has 4 nitrogen and oxygen atoms in total. The lowest BCUT2D eigenvalue weighted by atomic mass is 10.0. The third-order valence-electron chi connectivity index (χ3n) is 2.46. The summed E-state index contributed by atoms with van der Waals surface area (Å²) in [5.41, 5.74) is 6.05. The first kappa shape index (κ1) is 10.7. The number of hydrogen-bond acceptors (Lipinski definition) is 4. The second-order valence-corrected chi connectivity index (χ2v) is 3.69. The zero-order valence-corrected chi connectivity index (χ0v) is 9.09. The Hall–Kier alpha value is -1.78. The monoisotopic (exact) mass is 214 g/mol. The van der Waals surface area contributed by atoms with E-state index in [0.29, 0.717) is 0 Å². The molecule has 0 fully saturated rings. The average molecular weight is 214 g/mol. The van der Waals surface area contributed by atoms with Gasteiger partial charge in [0.1, 0.15) is 6.33 Å². The maximum absolute atomic E-state index is 5.58. The minimum atomic E-state index is -0.0684. The Labute approximate surface area is 94.5 Å². The Morgan fingerprint density at radius 1 is 1.19 bits per heavy atom. The molecule has 1 atom stereocenters. The lowest BCUT2D eigenvalue weighted by molar-refractivity contribution is 0.631. The molecule has 1 aromatic heterocycles. The van der Waals surface area contributed by atoms with Gasteiger partial charge >= 0.3 is 0 Å². The molecule has 0 aliphatic heterocycles. The molecule has 1 unspecified atom stereocenters. The predicted octanol–water partition coefficient (Wildman–Crippen LogP) is 1.34. The quantitative estimate of drug-likeness (QED) is 0.597. The van der Waals surface area contributed by atoms with Gasteiger partial charge in [-0.05, 0) is 12.5 Å². The van der Waals surface area contributed by atoms with Crippen LogP contribution < -0.4 is 11.3 Å². The minimum Gasteiger partial charge on any atom is -0.271 e. The van der Waals surface area contributed by atoms with Crippen molar-refractivity contribution in [2.75, 3.05) is 0 Å². The van der Waals surface area contributed by atoms with E-state index in [0.717, 1.165) is 11.1 Å². The fourth-order valence-electron chi connectivity index (χ4n) is 1.69. The summed E-state index contributed by atoms with van der Waals surface area (Å²) >= 11 is 0. The summed E-state index contributed by atoms with van der Waals surface area (Å²) in [6.07, 6.45) is 5.03. The lowest BCUT2D eigenvalue weighted by Gasteiger charge is -2.16. The summed E-state index contributed by atoms with van der Waals surface area (Å²) in [6, 6.07) is 8.13. The van der Waals surface area contributed by atoms with E-state index in [1.807, 2.05) is 12.1 Å². The van der Waals surface area contributed by atoms with Crippen LogP contribution in [0.2, 0.25) is 0 Å². The summed E-state index contributed by atoms with van der Waals surface area (Å²) in [7, 11) is 0. The van der Waals surface area contributed by atoms with E-state index >= 15 is 0 Å². The van der Waals surface area contributed by atoms with Crippen LogP contribution in [0.3, 0.4) is 0 Å². The van der Waals surface area contributed by atoms with Crippen LogP contribution in [0.4, 0.5) is 0 Å². The predicted molar refractivity (Wildman–Crippen MR) is 62.4 cm³/mol. The highest BCUT2D eigenvalue weighted by molar-refractivity contribution is 5.31. The van der Waals surface area contributed by atoms with Crippen LogP contribution in [0, 0.1) is 6.92 Å². The van der Waals surface area contributed by atoms with E-state index in [1.165, 1.54) is 11.9 Å². The molecule has 0 amide bonds. The lowest BCUT2D eigenvalue weighted by Crippen LogP contribution is -2.29. The molecule has 0 saturated heterocycles. The Morgan fingerprint density at radius 2 is 1.94 bits per heavy atom. The Bertz CT molecular complexity index is 456. The average Bonchev–Trinajstić information content (AvgIpc) is 2.31. The molecule has 0 saturated carbocycles. The zero-order valence-electron chi connectivity index (χ0n) is 9.09. The molecule has 0 bridgehead atoms. The molecule has 4 heteroatoms. The first-order chi connectivity index (χ1) is 7.81. The molecular formula is C12H14N4. The van der Waals surface area contributed by atoms with Gasteiger partial charge in [0.05, 0.1) is 6.04 Å². The fourth-order valence-corrected chi connectivity index (χ4v) is 1.69. The molecule has 82 valence electrons. The van der Waals surface area contributed by atoms with Crippen LogP contribution >= 0.6 is 0 Å². The van der Waals surface area contributed by atoms with Crippen LogP contribution in [-0.2, 0) is 0 Å². The van der Waals surface area contributed by atoms with Gasteiger partial charge in [-0.1, -0.05) is 29.8 Å². The molecule has 16 heavy (non-hydrogen) atoms.